The molecule has 1 aromatic carbocycles. The Morgan fingerprint density at radius 3 is 2.89 bits per heavy atom. The Bertz CT molecular complexity index is 399. The van der Waals surface area contributed by atoms with Gasteiger partial charge in [-0.2, -0.15) is 0 Å². The van der Waals surface area contributed by atoms with Gasteiger partial charge in [0, 0.05) is 28.0 Å². The first kappa shape index (κ1) is 14.2. The Hall–Kier alpha value is -0.250. The zero-order chi connectivity index (χ0) is 13.0. The van der Waals surface area contributed by atoms with E-state index in [-0.39, 0.29) is 5.38 Å². The number of alkyl halides is 1. The third-order valence-electron chi connectivity index (χ3n) is 3.48. The molecule has 100 valence electrons. The van der Waals surface area contributed by atoms with Gasteiger partial charge in [0.2, 0.25) is 0 Å². The molecular weight excluding hydrogens is 314 g/mol. The van der Waals surface area contributed by atoms with Crippen molar-refractivity contribution >= 4 is 27.5 Å². The zero-order valence-corrected chi connectivity index (χ0v) is 12.9. The van der Waals surface area contributed by atoms with E-state index in [0.717, 1.165) is 23.2 Å². The third kappa shape index (κ3) is 3.62. The molecule has 2 unspecified atom stereocenters. The van der Waals surface area contributed by atoms with Crippen LogP contribution in [-0.4, -0.2) is 18.5 Å². The standard InChI is InChI=1S/C14H19BrClNO/c1-18-14-7-6-11(15)8-10(14)9-17-13-5-3-2-4-12(13)16/h6-8,12-13,17H,2-5,9H2,1H3. The van der Waals surface area contributed by atoms with Gasteiger partial charge in [-0.15, -0.1) is 11.6 Å². The van der Waals surface area contributed by atoms with Gasteiger partial charge in [-0.05, 0) is 31.0 Å². The second-order valence-corrected chi connectivity index (χ2v) is 6.22. The molecule has 0 heterocycles. The van der Waals surface area contributed by atoms with Crippen molar-refractivity contribution in [2.45, 2.75) is 43.6 Å². The Morgan fingerprint density at radius 1 is 1.39 bits per heavy atom. The van der Waals surface area contributed by atoms with E-state index in [4.69, 9.17) is 16.3 Å². The van der Waals surface area contributed by atoms with Gasteiger partial charge in [-0.1, -0.05) is 28.8 Å². The zero-order valence-electron chi connectivity index (χ0n) is 10.6. The second-order valence-electron chi connectivity index (χ2n) is 4.74. The molecule has 0 aliphatic heterocycles. The van der Waals surface area contributed by atoms with Crippen LogP contribution in [0.15, 0.2) is 22.7 Å². The van der Waals surface area contributed by atoms with Crippen LogP contribution in [-0.2, 0) is 6.54 Å². The van der Waals surface area contributed by atoms with Gasteiger partial charge in [0.25, 0.3) is 0 Å². The third-order valence-corrected chi connectivity index (χ3v) is 4.49. The van der Waals surface area contributed by atoms with Crippen LogP contribution in [0.4, 0.5) is 0 Å². The van der Waals surface area contributed by atoms with E-state index >= 15 is 0 Å². The fraction of sp³-hybridized carbons (Fsp3) is 0.571. The van der Waals surface area contributed by atoms with Crippen LogP contribution in [0.2, 0.25) is 0 Å². The maximum Gasteiger partial charge on any atom is 0.123 e. The maximum absolute atomic E-state index is 6.35. The summed E-state index contributed by atoms with van der Waals surface area (Å²) in [5.74, 6) is 0.924. The van der Waals surface area contributed by atoms with Gasteiger partial charge < -0.3 is 10.1 Å². The number of halogens is 2. The summed E-state index contributed by atoms with van der Waals surface area (Å²) < 4.78 is 6.45. The minimum Gasteiger partial charge on any atom is -0.496 e. The summed E-state index contributed by atoms with van der Waals surface area (Å²) in [6.45, 7) is 0.802. The average molecular weight is 333 g/mol. The predicted octanol–water partition coefficient (Wildman–Crippen LogP) is 4.10. The number of benzene rings is 1. The van der Waals surface area contributed by atoms with Crippen molar-refractivity contribution in [1.82, 2.24) is 5.32 Å². The average Bonchev–Trinajstić information content (AvgIpc) is 2.38. The van der Waals surface area contributed by atoms with Crippen molar-refractivity contribution in [3.05, 3.63) is 28.2 Å². The first-order valence-corrected chi connectivity index (χ1v) is 7.63. The summed E-state index contributed by atoms with van der Waals surface area (Å²) in [7, 11) is 1.71. The van der Waals surface area contributed by atoms with Crippen LogP contribution >= 0.6 is 27.5 Å². The monoisotopic (exact) mass is 331 g/mol. The molecular formula is C14H19BrClNO. The Labute approximate surface area is 122 Å². The molecule has 0 aromatic heterocycles. The lowest BCUT2D eigenvalue weighted by atomic mass is 9.95. The first-order chi connectivity index (χ1) is 8.70. The van der Waals surface area contributed by atoms with Crippen molar-refractivity contribution in [1.29, 1.82) is 0 Å². The summed E-state index contributed by atoms with van der Waals surface area (Å²) >= 11 is 9.84. The van der Waals surface area contributed by atoms with Crippen LogP contribution in [0.5, 0.6) is 5.75 Å². The van der Waals surface area contributed by atoms with Gasteiger partial charge >= 0.3 is 0 Å². The number of ether oxygens (including phenoxy) is 1. The van der Waals surface area contributed by atoms with Crippen LogP contribution in [0.1, 0.15) is 31.2 Å². The van der Waals surface area contributed by atoms with Crippen LogP contribution < -0.4 is 10.1 Å². The van der Waals surface area contributed by atoms with Crippen LogP contribution in [0.3, 0.4) is 0 Å². The molecule has 18 heavy (non-hydrogen) atoms. The molecule has 4 heteroatoms. The lowest BCUT2D eigenvalue weighted by molar-refractivity contribution is 0.370. The number of hydrogen-bond donors (Lipinski definition) is 1. The lowest BCUT2D eigenvalue weighted by Gasteiger charge is -2.28. The predicted molar refractivity (Wildman–Crippen MR) is 79.4 cm³/mol. The lowest BCUT2D eigenvalue weighted by Crippen LogP contribution is -2.38. The van der Waals surface area contributed by atoms with Crippen molar-refractivity contribution in [2.75, 3.05) is 7.11 Å². The quantitative estimate of drug-likeness (QED) is 0.838. The molecule has 1 fully saturated rings. The van der Waals surface area contributed by atoms with Gasteiger partial charge in [0.1, 0.15) is 5.75 Å². The van der Waals surface area contributed by atoms with Gasteiger partial charge in [-0.25, -0.2) is 0 Å². The smallest absolute Gasteiger partial charge is 0.123 e. The van der Waals surface area contributed by atoms with Crippen molar-refractivity contribution in [3.8, 4) is 5.75 Å². The molecule has 1 aliphatic rings. The molecule has 1 aliphatic carbocycles. The minimum absolute atomic E-state index is 0.261. The Balaban J connectivity index is 1.98. The van der Waals surface area contributed by atoms with Crippen molar-refractivity contribution in [2.24, 2.45) is 0 Å². The number of hydrogen-bond acceptors (Lipinski definition) is 2. The number of rotatable bonds is 4. The summed E-state index contributed by atoms with van der Waals surface area (Å²) in [5.41, 5.74) is 1.17. The fourth-order valence-electron chi connectivity index (χ4n) is 2.44. The van der Waals surface area contributed by atoms with E-state index in [1.54, 1.807) is 7.11 Å². The molecule has 0 bridgehead atoms. The highest BCUT2D eigenvalue weighted by Gasteiger charge is 2.22. The van der Waals surface area contributed by atoms with E-state index in [9.17, 15) is 0 Å². The SMILES string of the molecule is COc1ccc(Br)cc1CNC1CCCCC1Cl. The van der Waals surface area contributed by atoms with Gasteiger partial charge in [0.15, 0.2) is 0 Å². The van der Waals surface area contributed by atoms with Crippen LogP contribution in [0.25, 0.3) is 0 Å². The second kappa shape index (κ2) is 6.78. The van der Waals surface area contributed by atoms with E-state index in [0.29, 0.717) is 6.04 Å². The summed E-state index contributed by atoms with van der Waals surface area (Å²) in [6, 6.07) is 6.50. The highest BCUT2D eigenvalue weighted by molar-refractivity contribution is 9.10. The molecule has 1 N–H and O–H groups in total. The molecule has 0 spiro atoms. The number of nitrogens with one attached hydrogen (secondary N) is 1. The highest BCUT2D eigenvalue weighted by atomic mass is 79.9. The molecule has 1 saturated carbocycles. The molecule has 2 atom stereocenters. The molecule has 0 saturated heterocycles. The summed E-state index contributed by atoms with van der Waals surface area (Å²) in [5, 5.41) is 3.82. The normalized spacial score (nSPS) is 23.9. The Morgan fingerprint density at radius 2 is 2.17 bits per heavy atom. The minimum atomic E-state index is 0.261. The summed E-state index contributed by atoms with van der Waals surface area (Å²) in [4.78, 5) is 0. The number of methoxy groups -OCH3 is 1. The van der Waals surface area contributed by atoms with E-state index in [2.05, 4.69) is 27.3 Å². The first-order valence-electron chi connectivity index (χ1n) is 6.40. The maximum atomic E-state index is 6.35. The van der Waals surface area contributed by atoms with E-state index < -0.39 is 0 Å². The molecule has 0 radical (unpaired) electrons. The van der Waals surface area contributed by atoms with E-state index in [1.165, 1.54) is 24.8 Å². The largest absolute Gasteiger partial charge is 0.496 e. The van der Waals surface area contributed by atoms with Gasteiger partial charge in [0.05, 0.1) is 7.11 Å². The van der Waals surface area contributed by atoms with Crippen molar-refractivity contribution in [3.63, 3.8) is 0 Å². The fourth-order valence-corrected chi connectivity index (χ4v) is 3.22. The molecule has 0 amide bonds. The summed E-state index contributed by atoms with van der Waals surface area (Å²) in [6.07, 6.45) is 4.82. The highest BCUT2D eigenvalue weighted by Crippen LogP contribution is 2.26. The van der Waals surface area contributed by atoms with E-state index in [1.807, 2.05) is 12.1 Å². The molecule has 2 nitrogen and oxygen atoms in total. The van der Waals surface area contributed by atoms with Gasteiger partial charge in [-0.3, -0.25) is 0 Å². The Kier molecular flexibility index (Phi) is 5.34. The van der Waals surface area contributed by atoms with Crippen molar-refractivity contribution < 1.29 is 4.74 Å². The van der Waals surface area contributed by atoms with Crippen LogP contribution in [0, 0.1) is 0 Å². The molecule has 1 aromatic rings. The topological polar surface area (TPSA) is 21.3 Å². The molecule has 2 rings (SSSR count).